The van der Waals surface area contributed by atoms with Gasteiger partial charge in [0.1, 0.15) is 11.5 Å². The first-order chi connectivity index (χ1) is 24.8. The highest BCUT2D eigenvalue weighted by atomic mass is 35.5. The maximum absolute atomic E-state index is 13.8. The quantitative estimate of drug-likeness (QED) is 0.0325. The average Bonchev–Trinajstić information content (AvgIpc) is 3.13. The molecule has 0 fully saturated rings. The molecule has 0 saturated heterocycles. The van der Waals surface area contributed by atoms with Crippen LogP contribution in [0.4, 0.5) is 13.2 Å². The van der Waals surface area contributed by atoms with Crippen molar-refractivity contribution in [1.29, 1.82) is 0 Å². The van der Waals surface area contributed by atoms with E-state index in [0.29, 0.717) is 21.7 Å². The number of halogens is 5. The summed E-state index contributed by atoms with van der Waals surface area (Å²) in [6.07, 6.45) is 3.44. The SMILES string of the molecule is Cc1ccncc1-c1c(C(N)=NO)cc(Cl)cc1-c1ccc(O)cc1.NC(=NO)c1cc(Cl)cc(-c2ccc(O)cc2)c1-c1cc(F)c(F)c(F)c1. The van der Waals surface area contributed by atoms with Crippen LogP contribution in [0.3, 0.4) is 0 Å². The Bertz CT molecular complexity index is 2320. The normalized spacial score (nSPS) is 11.6. The highest BCUT2D eigenvalue weighted by molar-refractivity contribution is 6.32. The average molecular weight is 747 g/mol. The van der Waals surface area contributed by atoms with Gasteiger partial charge in [-0.2, -0.15) is 0 Å². The minimum absolute atomic E-state index is 0.0119. The van der Waals surface area contributed by atoms with Crippen molar-refractivity contribution in [2.24, 2.45) is 21.8 Å². The molecule has 0 aliphatic carbocycles. The molecule has 5 aromatic carbocycles. The van der Waals surface area contributed by atoms with Crippen LogP contribution in [0.1, 0.15) is 16.7 Å². The lowest BCUT2D eigenvalue weighted by atomic mass is 9.89. The van der Waals surface area contributed by atoms with E-state index in [-0.39, 0.29) is 44.9 Å². The molecule has 1 aromatic heterocycles. The van der Waals surface area contributed by atoms with E-state index in [4.69, 9.17) is 39.9 Å². The van der Waals surface area contributed by atoms with Crippen molar-refractivity contribution >= 4 is 34.9 Å². The van der Waals surface area contributed by atoms with E-state index in [2.05, 4.69) is 15.3 Å². The van der Waals surface area contributed by atoms with Gasteiger partial charge in [-0.05, 0) is 107 Å². The first-order valence-corrected chi connectivity index (χ1v) is 15.9. The molecule has 14 heteroatoms. The Hall–Kier alpha value is -6.24. The van der Waals surface area contributed by atoms with Crippen LogP contribution in [0.5, 0.6) is 11.5 Å². The van der Waals surface area contributed by atoms with Crippen molar-refractivity contribution in [1.82, 2.24) is 4.98 Å². The Balaban J connectivity index is 0.000000202. The molecule has 0 bridgehead atoms. The van der Waals surface area contributed by atoms with Crippen molar-refractivity contribution in [3.63, 3.8) is 0 Å². The summed E-state index contributed by atoms with van der Waals surface area (Å²) in [4.78, 5) is 4.20. The van der Waals surface area contributed by atoms with Crippen LogP contribution in [-0.4, -0.2) is 37.3 Å². The predicted octanol–water partition coefficient (Wildman–Crippen LogP) is 9.07. The molecule has 0 radical (unpaired) electrons. The molecule has 0 amide bonds. The molecule has 264 valence electrons. The second kappa shape index (κ2) is 15.8. The minimum Gasteiger partial charge on any atom is -0.508 e. The molecule has 0 saturated carbocycles. The summed E-state index contributed by atoms with van der Waals surface area (Å²) in [5.74, 6) is -4.59. The van der Waals surface area contributed by atoms with Crippen molar-refractivity contribution in [3.05, 3.63) is 148 Å². The number of hydrogen-bond acceptors (Lipinski definition) is 7. The summed E-state index contributed by atoms with van der Waals surface area (Å²) < 4.78 is 41.0. The zero-order chi connectivity index (χ0) is 37.7. The molecular weight excluding hydrogens is 718 g/mol. The van der Waals surface area contributed by atoms with Crippen molar-refractivity contribution in [2.45, 2.75) is 6.92 Å². The third kappa shape index (κ3) is 7.88. The van der Waals surface area contributed by atoms with Crippen molar-refractivity contribution < 1.29 is 33.8 Å². The summed E-state index contributed by atoms with van der Waals surface area (Å²) in [6, 6.07) is 22.5. The Labute approximate surface area is 305 Å². The maximum atomic E-state index is 13.8. The fourth-order valence-corrected chi connectivity index (χ4v) is 5.93. The Morgan fingerprint density at radius 1 is 0.615 bits per heavy atom. The third-order valence-corrected chi connectivity index (χ3v) is 8.35. The molecule has 0 unspecified atom stereocenters. The molecule has 0 aliphatic rings. The second-order valence-electron chi connectivity index (χ2n) is 11.3. The van der Waals surface area contributed by atoms with Gasteiger partial charge in [0.2, 0.25) is 0 Å². The lowest BCUT2D eigenvalue weighted by Crippen LogP contribution is -2.15. The van der Waals surface area contributed by atoms with E-state index in [1.54, 1.807) is 54.9 Å². The number of amidine groups is 2. The fraction of sp³-hybridized carbons (Fsp3) is 0.0263. The van der Waals surface area contributed by atoms with Gasteiger partial charge in [-0.1, -0.05) is 57.8 Å². The topological polar surface area (TPSA) is 171 Å². The molecule has 6 aromatic rings. The number of hydrogen-bond donors (Lipinski definition) is 6. The largest absolute Gasteiger partial charge is 0.508 e. The number of pyridine rings is 1. The second-order valence-corrected chi connectivity index (χ2v) is 12.1. The molecule has 52 heavy (non-hydrogen) atoms. The lowest BCUT2D eigenvalue weighted by molar-refractivity contribution is 0.318. The number of nitrogens with two attached hydrogens (primary N) is 2. The Morgan fingerprint density at radius 3 is 1.50 bits per heavy atom. The number of phenols is 2. The fourth-order valence-electron chi connectivity index (χ4n) is 5.49. The lowest BCUT2D eigenvalue weighted by Gasteiger charge is -2.17. The van der Waals surface area contributed by atoms with Gasteiger partial charge in [0, 0.05) is 50.3 Å². The Morgan fingerprint density at radius 2 is 1.06 bits per heavy atom. The van der Waals surface area contributed by atoms with Gasteiger partial charge in [-0.3, -0.25) is 4.98 Å². The van der Waals surface area contributed by atoms with Crippen LogP contribution in [0, 0.1) is 24.4 Å². The predicted molar refractivity (Wildman–Crippen MR) is 195 cm³/mol. The smallest absolute Gasteiger partial charge is 0.194 e. The number of phenolic OH excluding ortho intramolecular Hbond substituents is 2. The van der Waals surface area contributed by atoms with Gasteiger partial charge in [0.05, 0.1) is 0 Å². The van der Waals surface area contributed by atoms with Crippen molar-refractivity contribution in [2.75, 3.05) is 0 Å². The molecule has 6 rings (SSSR count). The molecule has 8 N–H and O–H groups in total. The number of aromatic hydroxyl groups is 2. The van der Waals surface area contributed by atoms with Gasteiger partial charge in [-0.25, -0.2) is 13.2 Å². The van der Waals surface area contributed by atoms with Gasteiger partial charge in [0.25, 0.3) is 0 Å². The molecular formula is C38H28Cl2F3N5O4. The van der Waals surface area contributed by atoms with E-state index in [0.717, 1.165) is 39.9 Å². The Kier molecular flexibility index (Phi) is 11.2. The summed E-state index contributed by atoms with van der Waals surface area (Å²) in [5, 5.41) is 44.1. The van der Waals surface area contributed by atoms with Gasteiger partial charge in [0.15, 0.2) is 29.1 Å². The number of rotatable bonds is 6. The van der Waals surface area contributed by atoms with Crippen LogP contribution in [0.2, 0.25) is 10.0 Å². The molecule has 9 nitrogen and oxygen atoms in total. The van der Waals surface area contributed by atoms with E-state index >= 15 is 0 Å². The van der Waals surface area contributed by atoms with Crippen LogP contribution in [0.25, 0.3) is 44.5 Å². The van der Waals surface area contributed by atoms with Gasteiger partial charge in [-0.15, -0.1) is 0 Å². The highest BCUT2D eigenvalue weighted by Gasteiger charge is 2.21. The molecule has 1 heterocycles. The summed E-state index contributed by atoms with van der Waals surface area (Å²) >= 11 is 12.4. The number of aryl methyl sites for hydroxylation is 1. The molecule has 0 aliphatic heterocycles. The third-order valence-electron chi connectivity index (χ3n) is 7.91. The first kappa shape index (κ1) is 37.0. The first-order valence-electron chi connectivity index (χ1n) is 15.1. The van der Waals surface area contributed by atoms with Crippen molar-refractivity contribution in [3.8, 4) is 56.0 Å². The van der Waals surface area contributed by atoms with Gasteiger partial charge < -0.3 is 32.1 Å². The van der Waals surface area contributed by atoms with E-state index in [1.165, 1.54) is 24.3 Å². The summed E-state index contributed by atoms with van der Waals surface area (Å²) in [6.45, 7) is 1.96. The van der Waals surface area contributed by atoms with E-state index in [9.17, 15) is 28.6 Å². The summed E-state index contributed by atoms with van der Waals surface area (Å²) in [5.41, 5.74) is 17.5. The van der Waals surface area contributed by atoms with Crippen LogP contribution < -0.4 is 11.5 Å². The van der Waals surface area contributed by atoms with Crippen LogP contribution in [-0.2, 0) is 0 Å². The van der Waals surface area contributed by atoms with Gasteiger partial charge >= 0.3 is 0 Å². The molecule has 0 spiro atoms. The highest BCUT2D eigenvalue weighted by Crippen LogP contribution is 2.40. The number of aromatic nitrogens is 1. The van der Waals surface area contributed by atoms with Crippen LogP contribution in [0.15, 0.2) is 114 Å². The zero-order valence-corrected chi connectivity index (χ0v) is 28.5. The van der Waals surface area contributed by atoms with E-state index < -0.39 is 17.5 Å². The number of oxime groups is 2. The van der Waals surface area contributed by atoms with Crippen LogP contribution >= 0.6 is 23.2 Å². The standard InChI is InChI=1S/C19H12ClF3N2O2.C19H16ClN3O2/c20-11-7-13(9-1-3-12(26)4-2-9)17(14(8-11)19(24)25-27)10-5-15(21)18(23)16(22)6-10;1-11-6-7-22-10-17(11)18-15(12-2-4-14(24)5-3-12)8-13(20)9-16(18)19(21)23-25/h1-8,26-27H,(H2,24,25);2-10,24-25H,1H3,(H2,21,23). The summed E-state index contributed by atoms with van der Waals surface area (Å²) in [7, 11) is 0. The minimum atomic E-state index is -1.61. The maximum Gasteiger partial charge on any atom is 0.194 e. The molecule has 0 atom stereocenters. The zero-order valence-electron chi connectivity index (χ0n) is 27.0. The number of nitrogens with zero attached hydrogens (tertiary/aromatic N) is 3. The van der Waals surface area contributed by atoms with E-state index in [1.807, 2.05) is 19.1 Å². The number of benzene rings is 5. The monoisotopic (exact) mass is 745 g/mol.